The first-order valence-electron chi connectivity index (χ1n) is 7.16. The molecule has 0 aromatic heterocycles. The molecule has 0 spiro atoms. The van der Waals surface area contributed by atoms with Crippen molar-refractivity contribution in [1.29, 1.82) is 0 Å². The largest absolute Gasteiger partial charge is 0.383 e. The molecule has 1 N–H and O–H groups in total. The van der Waals surface area contributed by atoms with Gasteiger partial charge in [-0.3, -0.25) is 4.79 Å². The van der Waals surface area contributed by atoms with Crippen LogP contribution in [0.15, 0.2) is 48.5 Å². The number of carbonyl (C=O) groups excluding carboxylic acids is 1. The van der Waals surface area contributed by atoms with Gasteiger partial charge in [-0.2, -0.15) is 0 Å². The van der Waals surface area contributed by atoms with E-state index in [1.54, 1.807) is 0 Å². The Hall–Kier alpha value is -2.29. The summed E-state index contributed by atoms with van der Waals surface area (Å²) in [5.41, 5.74) is 3.39. The number of nitrogens with zero attached hydrogens (tertiary/aromatic N) is 1. The van der Waals surface area contributed by atoms with Gasteiger partial charge in [-0.05, 0) is 32.0 Å². The highest BCUT2D eigenvalue weighted by atomic mass is 16.1. The topological polar surface area (TPSA) is 32.3 Å². The SMILES string of the molecule is CC(C)Nc1ccc(C(=O)c2ccccc2)c(N(C)C)c1. The molecule has 0 atom stereocenters. The van der Waals surface area contributed by atoms with Crippen LogP contribution < -0.4 is 10.2 Å². The summed E-state index contributed by atoms with van der Waals surface area (Å²) < 4.78 is 0. The average molecular weight is 282 g/mol. The first kappa shape index (κ1) is 15.1. The van der Waals surface area contributed by atoms with Crippen LogP contribution in [-0.4, -0.2) is 25.9 Å². The predicted molar refractivity (Wildman–Crippen MR) is 89.4 cm³/mol. The van der Waals surface area contributed by atoms with E-state index in [0.29, 0.717) is 11.6 Å². The number of carbonyl (C=O) groups is 1. The van der Waals surface area contributed by atoms with Crippen molar-refractivity contribution < 1.29 is 4.79 Å². The normalized spacial score (nSPS) is 10.5. The lowest BCUT2D eigenvalue weighted by molar-refractivity contribution is 0.103. The molecule has 0 aliphatic rings. The molecule has 0 bridgehead atoms. The molecule has 0 radical (unpaired) electrons. The second-order valence-corrected chi connectivity index (χ2v) is 5.62. The number of benzene rings is 2. The van der Waals surface area contributed by atoms with Gasteiger partial charge in [0.1, 0.15) is 0 Å². The van der Waals surface area contributed by atoms with Crippen LogP contribution in [0.1, 0.15) is 29.8 Å². The van der Waals surface area contributed by atoms with Crippen LogP contribution in [0.3, 0.4) is 0 Å². The average Bonchev–Trinajstić information content (AvgIpc) is 2.46. The van der Waals surface area contributed by atoms with Gasteiger partial charge in [0.2, 0.25) is 0 Å². The van der Waals surface area contributed by atoms with Gasteiger partial charge < -0.3 is 10.2 Å². The third-order valence-electron chi connectivity index (χ3n) is 3.22. The van der Waals surface area contributed by atoms with E-state index in [-0.39, 0.29) is 5.78 Å². The smallest absolute Gasteiger partial charge is 0.195 e. The molecular formula is C18H22N2O. The van der Waals surface area contributed by atoms with Gasteiger partial charge in [0.15, 0.2) is 5.78 Å². The van der Waals surface area contributed by atoms with Crippen molar-refractivity contribution in [3.8, 4) is 0 Å². The van der Waals surface area contributed by atoms with E-state index < -0.39 is 0 Å². The zero-order valence-corrected chi connectivity index (χ0v) is 13.1. The molecule has 3 heteroatoms. The van der Waals surface area contributed by atoms with E-state index in [1.165, 1.54) is 0 Å². The van der Waals surface area contributed by atoms with Crippen molar-refractivity contribution in [2.75, 3.05) is 24.3 Å². The highest BCUT2D eigenvalue weighted by molar-refractivity contribution is 6.12. The number of hydrogen-bond donors (Lipinski definition) is 1. The zero-order valence-electron chi connectivity index (χ0n) is 13.1. The van der Waals surface area contributed by atoms with Gasteiger partial charge >= 0.3 is 0 Å². The van der Waals surface area contributed by atoms with E-state index in [0.717, 1.165) is 16.9 Å². The lowest BCUT2D eigenvalue weighted by Gasteiger charge is -2.19. The minimum Gasteiger partial charge on any atom is -0.383 e. The third kappa shape index (κ3) is 3.63. The van der Waals surface area contributed by atoms with Crippen LogP contribution in [0.5, 0.6) is 0 Å². The molecule has 3 nitrogen and oxygen atoms in total. The molecular weight excluding hydrogens is 260 g/mol. The Morgan fingerprint density at radius 3 is 2.29 bits per heavy atom. The van der Waals surface area contributed by atoms with E-state index >= 15 is 0 Å². The predicted octanol–water partition coefficient (Wildman–Crippen LogP) is 3.80. The van der Waals surface area contributed by atoms with Gasteiger partial charge in [-0.15, -0.1) is 0 Å². The quantitative estimate of drug-likeness (QED) is 0.847. The molecule has 2 aromatic rings. The third-order valence-corrected chi connectivity index (χ3v) is 3.22. The Morgan fingerprint density at radius 2 is 1.71 bits per heavy atom. The van der Waals surface area contributed by atoms with Crippen molar-refractivity contribution in [2.24, 2.45) is 0 Å². The molecule has 0 heterocycles. The Bertz CT molecular complexity index is 618. The van der Waals surface area contributed by atoms with Gasteiger partial charge in [0.05, 0.1) is 0 Å². The van der Waals surface area contributed by atoms with Crippen LogP contribution in [0.2, 0.25) is 0 Å². The molecule has 21 heavy (non-hydrogen) atoms. The summed E-state index contributed by atoms with van der Waals surface area (Å²) in [6.45, 7) is 4.19. The minimum absolute atomic E-state index is 0.0513. The first-order chi connectivity index (χ1) is 9.99. The summed E-state index contributed by atoms with van der Waals surface area (Å²) in [5.74, 6) is 0.0513. The second kappa shape index (κ2) is 6.44. The Kier molecular flexibility index (Phi) is 4.63. The van der Waals surface area contributed by atoms with Crippen LogP contribution in [0.4, 0.5) is 11.4 Å². The zero-order chi connectivity index (χ0) is 15.4. The molecule has 0 aliphatic carbocycles. The Labute approximate surface area is 126 Å². The maximum atomic E-state index is 12.7. The van der Waals surface area contributed by atoms with E-state index in [1.807, 2.05) is 67.5 Å². The molecule has 0 saturated heterocycles. The molecule has 110 valence electrons. The highest BCUT2D eigenvalue weighted by Gasteiger charge is 2.15. The van der Waals surface area contributed by atoms with E-state index in [9.17, 15) is 4.79 Å². The summed E-state index contributed by atoms with van der Waals surface area (Å²) in [4.78, 5) is 14.6. The van der Waals surface area contributed by atoms with E-state index in [2.05, 4.69) is 19.2 Å². The summed E-state index contributed by atoms with van der Waals surface area (Å²) in [6, 6.07) is 15.6. The second-order valence-electron chi connectivity index (χ2n) is 5.62. The van der Waals surface area contributed by atoms with Crippen LogP contribution in [0, 0.1) is 0 Å². The Morgan fingerprint density at radius 1 is 1.05 bits per heavy atom. The van der Waals surface area contributed by atoms with Crippen LogP contribution in [0.25, 0.3) is 0 Å². The number of hydrogen-bond acceptors (Lipinski definition) is 3. The fraction of sp³-hybridized carbons (Fsp3) is 0.278. The standard InChI is InChI=1S/C18H22N2O/c1-13(2)19-15-10-11-16(17(12-15)20(3)4)18(21)14-8-6-5-7-9-14/h5-13,19H,1-4H3. The first-order valence-corrected chi connectivity index (χ1v) is 7.16. The summed E-state index contributed by atoms with van der Waals surface area (Å²) >= 11 is 0. The maximum absolute atomic E-state index is 12.7. The van der Waals surface area contributed by atoms with Crippen molar-refractivity contribution in [2.45, 2.75) is 19.9 Å². The molecule has 0 aliphatic heterocycles. The van der Waals surface area contributed by atoms with Crippen molar-refractivity contribution in [1.82, 2.24) is 0 Å². The molecule has 2 rings (SSSR count). The highest BCUT2D eigenvalue weighted by Crippen LogP contribution is 2.26. The molecule has 0 amide bonds. The fourth-order valence-electron chi connectivity index (χ4n) is 2.26. The van der Waals surface area contributed by atoms with Gasteiger partial charge in [0, 0.05) is 42.6 Å². The molecule has 0 unspecified atom stereocenters. The maximum Gasteiger partial charge on any atom is 0.195 e. The van der Waals surface area contributed by atoms with Crippen LogP contribution >= 0.6 is 0 Å². The van der Waals surface area contributed by atoms with Crippen molar-refractivity contribution >= 4 is 17.2 Å². The van der Waals surface area contributed by atoms with Crippen LogP contribution in [-0.2, 0) is 0 Å². The van der Waals surface area contributed by atoms with Gasteiger partial charge in [-0.1, -0.05) is 30.3 Å². The lowest BCUT2D eigenvalue weighted by atomic mass is 10.0. The minimum atomic E-state index is 0.0513. The Balaban J connectivity index is 2.41. The molecule has 2 aromatic carbocycles. The van der Waals surface area contributed by atoms with Crippen molar-refractivity contribution in [3.63, 3.8) is 0 Å². The number of nitrogens with one attached hydrogen (secondary N) is 1. The van der Waals surface area contributed by atoms with Crippen molar-refractivity contribution in [3.05, 3.63) is 59.7 Å². The number of ketones is 1. The summed E-state index contributed by atoms with van der Waals surface area (Å²) in [7, 11) is 3.91. The lowest BCUT2D eigenvalue weighted by Crippen LogP contribution is -2.16. The van der Waals surface area contributed by atoms with Gasteiger partial charge in [-0.25, -0.2) is 0 Å². The monoisotopic (exact) mass is 282 g/mol. The summed E-state index contributed by atoms with van der Waals surface area (Å²) in [6.07, 6.45) is 0. The molecule has 0 fully saturated rings. The molecule has 0 saturated carbocycles. The van der Waals surface area contributed by atoms with E-state index in [4.69, 9.17) is 0 Å². The fourth-order valence-corrected chi connectivity index (χ4v) is 2.26. The number of rotatable bonds is 5. The number of anilines is 2. The van der Waals surface area contributed by atoms with Gasteiger partial charge in [0.25, 0.3) is 0 Å². The summed E-state index contributed by atoms with van der Waals surface area (Å²) in [5, 5.41) is 3.37.